The smallest absolute Gasteiger partial charge is 0.241 e. The number of methoxy groups -OCH3 is 1. The van der Waals surface area contributed by atoms with Gasteiger partial charge in [-0.15, -0.1) is 12.4 Å². The first-order valence-corrected chi connectivity index (χ1v) is 8.30. The number of aryl methyl sites for hydroxylation is 2. The first-order chi connectivity index (χ1) is 9.44. The van der Waals surface area contributed by atoms with Gasteiger partial charge in [0.2, 0.25) is 10.0 Å². The van der Waals surface area contributed by atoms with Gasteiger partial charge in [0.1, 0.15) is 5.75 Å². The van der Waals surface area contributed by atoms with Crippen LogP contribution in [0.2, 0.25) is 0 Å². The summed E-state index contributed by atoms with van der Waals surface area (Å²) in [5, 5.41) is 3.21. The summed E-state index contributed by atoms with van der Waals surface area (Å²) in [4.78, 5) is 0.335. The number of sulfonamides is 1. The van der Waals surface area contributed by atoms with Crippen molar-refractivity contribution >= 4 is 22.4 Å². The Bertz CT molecular complexity index is 584. The lowest BCUT2D eigenvalue weighted by molar-refractivity contribution is 0.410. The van der Waals surface area contributed by atoms with Crippen molar-refractivity contribution in [3.63, 3.8) is 0 Å². The average Bonchev–Trinajstić information content (AvgIpc) is 2.41. The zero-order valence-corrected chi connectivity index (χ0v) is 14.2. The second-order valence-corrected chi connectivity index (χ2v) is 6.93. The van der Waals surface area contributed by atoms with E-state index in [-0.39, 0.29) is 18.4 Å². The zero-order valence-electron chi connectivity index (χ0n) is 12.6. The monoisotopic (exact) mass is 334 g/mol. The molecule has 5 nitrogen and oxygen atoms in total. The van der Waals surface area contributed by atoms with E-state index in [1.165, 1.54) is 0 Å². The van der Waals surface area contributed by atoms with Crippen molar-refractivity contribution in [2.75, 3.05) is 20.2 Å². The van der Waals surface area contributed by atoms with Crippen molar-refractivity contribution in [2.24, 2.45) is 0 Å². The minimum atomic E-state index is -3.48. The number of hydrogen-bond donors (Lipinski definition) is 2. The Labute approximate surface area is 132 Å². The third-order valence-electron chi connectivity index (χ3n) is 3.60. The molecule has 0 radical (unpaired) electrons. The molecule has 1 heterocycles. The summed E-state index contributed by atoms with van der Waals surface area (Å²) in [5.41, 5.74) is 1.52. The van der Waals surface area contributed by atoms with Crippen LogP contribution in [0.5, 0.6) is 5.75 Å². The predicted molar refractivity (Wildman–Crippen MR) is 85.9 cm³/mol. The molecule has 1 aliphatic heterocycles. The van der Waals surface area contributed by atoms with Gasteiger partial charge in [-0.1, -0.05) is 0 Å². The van der Waals surface area contributed by atoms with Crippen LogP contribution in [0, 0.1) is 13.8 Å². The van der Waals surface area contributed by atoms with Crippen molar-refractivity contribution < 1.29 is 13.2 Å². The number of hydrogen-bond acceptors (Lipinski definition) is 4. The summed E-state index contributed by atoms with van der Waals surface area (Å²) in [5.74, 6) is 0.709. The number of nitrogens with one attached hydrogen (secondary N) is 2. The molecule has 1 fully saturated rings. The van der Waals surface area contributed by atoms with Gasteiger partial charge in [-0.3, -0.25) is 0 Å². The van der Waals surface area contributed by atoms with E-state index in [2.05, 4.69) is 10.0 Å². The van der Waals surface area contributed by atoms with Gasteiger partial charge >= 0.3 is 0 Å². The van der Waals surface area contributed by atoms with Crippen LogP contribution in [-0.4, -0.2) is 34.7 Å². The number of ether oxygens (including phenoxy) is 1. The highest BCUT2D eigenvalue weighted by atomic mass is 35.5. The molecule has 1 atom stereocenters. The first-order valence-electron chi connectivity index (χ1n) is 6.82. The van der Waals surface area contributed by atoms with Gasteiger partial charge in [-0.05, 0) is 56.5 Å². The third kappa shape index (κ3) is 4.32. The van der Waals surface area contributed by atoms with E-state index in [4.69, 9.17) is 4.74 Å². The van der Waals surface area contributed by atoms with Gasteiger partial charge in [0, 0.05) is 12.6 Å². The summed E-state index contributed by atoms with van der Waals surface area (Å²) in [6, 6.07) is 3.41. The van der Waals surface area contributed by atoms with Crippen molar-refractivity contribution in [3.05, 3.63) is 23.3 Å². The fraction of sp³-hybridized carbons (Fsp3) is 0.571. The van der Waals surface area contributed by atoms with Gasteiger partial charge in [0.05, 0.1) is 12.0 Å². The van der Waals surface area contributed by atoms with Crippen LogP contribution >= 0.6 is 12.4 Å². The molecular formula is C14H23ClN2O3S. The maximum absolute atomic E-state index is 12.5. The Morgan fingerprint density at radius 1 is 1.29 bits per heavy atom. The molecule has 2 rings (SSSR count). The summed E-state index contributed by atoms with van der Waals surface area (Å²) in [6.45, 7) is 5.28. The van der Waals surface area contributed by atoms with Crippen molar-refractivity contribution in [1.82, 2.24) is 10.0 Å². The fourth-order valence-corrected chi connectivity index (χ4v) is 4.09. The fourth-order valence-electron chi connectivity index (χ4n) is 2.51. The lowest BCUT2D eigenvalue weighted by Crippen LogP contribution is -2.45. The molecule has 2 N–H and O–H groups in total. The topological polar surface area (TPSA) is 67.4 Å². The average molecular weight is 335 g/mol. The first kappa shape index (κ1) is 18.2. The number of piperidine rings is 1. The van der Waals surface area contributed by atoms with Crippen LogP contribution in [0.15, 0.2) is 17.0 Å². The highest BCUT2D eigenvalue weighted by Crippen LogP contribution is 2.25. The summed E-state index contributed by atoms with van der Waals surface area (Å²) in [6.07, 6.45) is 1.87. The second kappa shape index (κ2) is 7.45. The SMILES string of the molecule is COc1cc(C)c(S(=O)(=O)NC2CCCNC2)cc1C.Cl. The minimum absolute atomic E-state index is 0. The molecule has 1 aromatic rings. The molecule has 0 saturated carbocycles. The van der Waals surface area contributed by atoms with E-state index in [1.807, 2.05) is 6.92 Å². The van der Waals surface area contributed by atoms with E-state index in [9.17, 15) is 8.42 Å². The molecular weight excluding hydrogens is 312 g/mol. The standard InChI is InChI=1S/C14H22N2O3S.ClH/c1-10-8-14(11(2)7-13(10)19-3)20(17,18)16-12-5-4-6-15-9-12;/h7-8,12,15-16H,4-6,9H2,1-3H3;1H. The summed E-state index contributed by atoms with van der Waals surface area (Å²) < 4.78 is 33.0. The van der Waals surface area contributed by atoms with Gasteiger partial charge in [0.25, 0.3) is 0 Å². The molecule has 0 aromatic heterocycles. The number of halogens is 1. The van der Waals surface area contributed by atoms with E-state index >= 15 is 0 Å². The Balaban J connectivity index is 0.00000220. The highest BCUT2D eigenvalue weighted by molar-refractivity contribution is 7.89. The van der Waals surface area contributed by atoms with Gasteiger partial charge in [-0.2, -0.15) is 0 Å². The van der Waals surface area contributed by atoms with Crippen molar-refractivity contribution in [2.45, 2.75) is 37.6 Å². The Morgan fingerprint density at radius 3 is 2.57 bits per heavy atom. The normalized spacial score (nSPS) is 18.9. The molecule has 7 heteroatoms. The second-order valence-electron chi connectivity index (χ2n) is 5.25. The Morgan fingerprint density at radius 2 is 2.00 bits per heavy atom. The lowest BCUT2D eigenvalue weighted by Gasteiger charge is -2.24. The Kier molecular flexibility index (Phi) is 6.46. The van der Waals surface area contributed by atoms with Crippen LogP contribution in [0.25, 0.3) is 0 Å². The van der Waals surface area contributed by atoms with Gasteiger partial charge in [-0.25, -0.2) is 13.1 Å². The minimum Gasteiger partial charge on any atom is -0.496 e. The maximum Gasteiger partial charge on any atom is 0.241 e. The van der Waals surface area contributed by atoms with E-state index in [0.717, 1.165) is 24.9 Å². The Hall–Kier alpha value is -0.820. The van der Waals surface area contributed by atoms with Crippen LogP contribution < -0.4 is 14.8 Å². The quantitative estimate of drug-likeness (QED) is 0.880. The van der Waals surface area contributed by atoms with Crippen molar-refractivity contribution in [1.29, 1.82) is 0 Å². The maximum atomic E-state index is 12.5. The highest BCUT2D eigenvalue weighted by Gasteiger charge is 2.23. The largest absolute Gasteiger partial charge is 0.496 e. The molecule has 0 aliphatic carbocycles. The summed E-state index contributed by atoms with van der Waals surface area (Å²) >= 11 is 0. The molecule has 1 saturated heterocycles. The third-order valence-corrected chi connectivity index (χ3v) is 5.26. The van der Waals surface area contributed by atoms with Crippen LogP contribution in [0.3, 0.4) is 0 Å². The molecule has 21 heavy (non-hydrogen) atoms. The zero-order chi connectivity index (χ0) is 14.8. The van der Waals surface area contributed by atoms with E-state index in [1.54, 1.807) is 26.2 Å². The molecule has 120 valence electrons. The van der Waals surface area contributed by atoms with Gasteiger partial charge in [0.15, 0.2) is 0 Å². The summed E-state index contributed by atoms with van der Waals surface area (Å²) in [7, 11) is -1.90. The molecule has 0 amide bonds. The van der Waals surface area contributed by atoms with Crippen LogP contribution in [0.1, 0.15) is 24.0 Å². The van der Waals surface area contributed by atoms with Crippen LogP contribution in [-0.2, 0) is 10.0 Å². The number of rotatable bonds is 4. The molecule has 1 unspecified atom stereocenters. The number of benzene rings is 1. The molecule has 0 spiro atoms. The molecule has 1 aromatic carbocycles. The van der Waals surface area contributed by atoms with Gasteiger partial charge < -0.3 is 10.1 Å². The van der Waals surface area contributed by atoms with Crippen LogP contribution in [0.4, 0.5) is 0 Å². The predicted octanol–water partition coefficient (Wildman–Crippen LogP) is 1.76. The molecule has 0 bridgehead atoms. The van der Waals surface area contributed by atoms with E-state index in [0.29, 0.717) is 22.8 Å². The van der Waals surface area contributed by atoms with Crippen molar-refractivity contribution in [3.8, 4) is 5.75 Å². The molecule has 1 aliphatic rings. The lowest BCUT2D eigenvalue weighted by atomic mass is 10.1. The van der Waals surface area contributed by atoms with E-state index < -0.39 is 10.0 Å².